The first-order valence-electron chi connectivity index (χ1n) is 6.62. The summed E-state index contributed by atoms with van der Waals surface area (Å²) in [6.45, 7) is 2.07. The van der Waals surface area contributed by atoms with Gasteiger partial charge < -0.3 is 16.3 Å². The third-order valence-corrected chi connectivity index (χ3v) is 3.17. The van der Waals surface area contributed by atoms with E-state index in [1.165, 1.54) is 5.56 Å². The lowest BCUT2D eigenvalue weighted by atomic mass is 10.1. The summed E-state index contributed by atoms with van der Waals surface area (Å²) in [5.41, 5.74) is 8.50. The van der Waals surface area contributed by atoms with Crippen molar-refractivity contribution >= 4 is 17.4 Å². The van der Waals surface area contributed by atoms with Crippen molar-refractivity contribution in [2.45, 2.75) is 13.3 Å². The van der Waals surface area contributed by atoms with E-state index >= 15 is 0 Å². The second-order valence-electron chi connectivity index (χ2n) is 4.57. The molecule has 0 heterocycles. The molecule has 5 heteroatoms. The van der Waals surface area contributed by atoms with E-state index in [-0.39, 0.29) is 11.7 Å². The minimum absolute atomic E-state index is 0.0306. The fourth-order valence-corrected chi connectivity index (χ4v) is 1.88. The van der Waals surface area contributed by atoms with Gasteiger partial charge in [-0.1, -0.05) is 24.2 Å². The number of amides is 1. The normalized spacial score (nSPS) is 11.2. The lowest BCUT2D eigenvalue weighted by molar-refractivity contribution is 0.102. The number of nitrogens with zero attached hydrogens (tertiary/aromatic N) is 1. The lowest BCUT2D eigenvalue weighted by Crippen LogP contribution is -2.14. The Balaban J connectivity index is 2.08. The predicted molar refractivity (Wildman–Crippen MR) is 82.7 cm³/mol. The van der Waals surface area contributed by atoms with E-state index < -0.39 is 0 Å². The zero-order valence-electron chi connectivity index (χ0n) is 11.7. The molecule has 2 rings (SSSR count). The maximum atomic E-state index is 12.1. The molecular formula is C16H17N3O2. The average Bonchev–Trinajstić information content (AvgIpc) is 2.55. The number of nitrogens with two attached hydrogens (primary N) is 1. The van der Waals surface area contributed by atoms with Gasteiger partial charge in [0.05, 0.1) is 0 Å². The van der Waals surface area contributed by atoms with Crippen LogP contribution >= 0.6 is 0 Å². The molecule has 4 N–H and O–H groups in total. The Kier molecular flexibility index (Phi) is 4.56. The molecule has 0 fully saturated rings. The highest BCUT2D eigenvalue weighted by atomic mass is 16.4. The summed E-state index contributed by atoms with van der Waals surface area (Å²) in [5.74, 6) is -0.141. The standard InChI is InChI=1S/C16H17N3O2/c1-2-11-3-5-13(6-4-11)16(20)18-14-9-7-12(8-10-14)15(17)19-21/h3-10,21H,2H2,1H3,(H2,17,19)(H,18,20). The minimum Gasteiger partial charge on any atom is -0.409 e. The molecule has 0 spiro atoms. The van der Waals surface area contributed by atoms with Crippen LogP contribution in [0.3, 0.4) is 0 Å². The average molecular weight is 283 g/mol. The van der Waals surface area contributed by atoms with E-state index in [1.54, 1.807) is 36.4 Å². The van der Waals surface area contributed by atoms with E-state index in [1.807, 2.05) is 12.1 Å². The maximum absolute atomic E-state index is 12.1. The summed E-state index contributed by atoms with van der Waals surface area (Å²) in [6, 6.07) is 14.2. The number of anilines is 1. The summed E-state index contributed by atoms with van der Waals surface area (Å²) < 4.78 is 0. The van der Waals surface area contributed by atoms with Gasteiger partial charge in [-0.15, -0.1) is 0 Å². The molecule has 0 aliphatic carbocycles. The molecule has 0 radical (unpaired) electrons. The van der Waals surface area contributed by atoms with E-state index in [0.717, 1.165) is 6.42 Å². The van der Waals surface area contributed by atoms with Crippen LogP contribution in [0.2, 0.25) is 0 Å². The molecule has 0 atom stereocenters. The zero-order valence-corrected chi connectivity index (χ0v) is 11.7. The SMILES string of the molecule is CCc1ccc(C(=O)Nc2ccc(/C(N)=N/O)cc2)cc1. The Morgan fingerprint density at radius 3 is 2.19 bits per heavy atom. The first-order valence-corrected chi connectivity index (χ1v) is 6.62. The number of nitrogens with one attached hydrogen (secondary N) is 1. The maximum Gasteiger partial charge on any atom is 0.255 e. The third kappa shape index (κ3) is 3.60. The second-order valence-corrected chi connectivity index (χ2v) is 4.57. The smallest absolute Gasteiger partial charge is 0.255 e. The fraction of sp³-hybridized carbons (Fsp3) is 0.125. The van der Waals surface area contributed by atoms with Crippen molar-refractivity contribution in [1.29, 1.82) is 0 Å². The van der Waals surface area contributed by atoms with Gasteiger partial charge >= 0.3 is 0 Å². The summed E-state index contributed by atoms with van der Waals surface area (Å²) in [6.07, 6.45) is 0.942. The number of carbonyl (C=O) groups excluding carboxylic acids is 1. The van der Waals surface area contributed by atoms with Gasteiger partial charge in [0.15, 0.2) is 5.84 Å². The third-order valence-electron chi connectivity index (χ3n) is 3.17. The van der Waals surface area contributed by atoms with Crippen molar-refractivity contribution in [3.8, 4) is 0 Å². The largest absolute Gasteiger partial charge is 0.409 e. The monoisotopic (exact) mass is 283 g/mol. The van der Waals surface area contributed by atoms with Gasteiger partial charge in [0, 0.05) is 16.8 Å². The van der Waals surface area contributed by atoms with Crippen LogP contribution in [0.4, 0.5) is 5.69 Å². The van der Waals surface area contributed by atoms with Gasteiger partial charge in [-0.2, -0.15) is 0 Å². The highest BCUT2D eigenvalue weighted by Gasteiger charge is 2.06. The van der Waals surface area contributed by atoms with Gasteiger partial charge in [0.25, 0.3) is 5.91 Å². The number of amidine groups is 1. The number of hydrogen-bond donors (Lipinski definition) is 3. The molecule has 21 heavy (non-hydrogen) atoms. The molecule has 1 amide bonds. The Labute approximate surface area is 123 Å². The van der Waals surface area contributed by atoms with E-state index in [2.05, 4.69) is 17.4 Å². The van der Waals surface area contributed by atoms with Crippen LogP contribution < -0.4 is 11.1 Å². The van der Waals surface area contributed by atoms with E-state index in [0.29, 0.717) is 16.8 Å². The minimum atomic E-state index is -0.172. The molecule has 0 aliphatic rings. The Hall–Kier alpha value is -2.82. The number of oxime groups is 1. The van der Waals surface area contributed by atoms with Crippen LogP contribution in [-0.2, 0) is 6.42 Å². The molecule has 2 aromatic rings. The number of hydrogen-bond acceptors (Lipinski definition) is 3. The van der Waals surface area contributed by atoms with Gasteiger partial charge in [-0.05, 0) is 48.4 Å². The number of carbonyl (C=O) groups is 1. The molecule has 5 nitrogen and oxygen atoms in total. The van der Waals surface area contributed by atoms with Gasteiger partial charge in [-0.25, -0.2) is 0 Å². The Morgan fingerprint density at radius 1 is 1.10 bits per heavy atom. The van der Waals surface area contributed by atoms with E-state index in [4.69, 9.17) is 10.9 Å². The van der Waals surface area contributed by atoms with Crippen LogP contribution in [-0.4, -0.2) is 17.0 Å². The summed E-state index contributed by atoms with van der Waals surface area (Å²) in [7, 11) is 0. The van der Waals surface area contributed by atoms with Crippen LogP contribution in [0.25, 0.3) is 0 Å². The molecule has 0 unspecified atom stereocenters. The first-order chi connectivity index (χ1) is 10.1. The number of rotatable bonds is 4. The van der Waals surface area contributed by atoms with Gasteiger partial charge in [0.2, 0.25) is 0 Å². The predicted octanol–water partition coefficient (Wildman–Crippen LogP) is 2.60. The van der Waals surface area contributed by atoms with Gasteiger partial charge in [-0.3, -0.25) is 4.79 Å². The van der Waals surface area contributed by atoms with Gasteiger partial charge in [0.1, 0.15) is 0 Å². The van der Waals surface area contributed by atoms with Crippen molar-refractivity contribution in [2.24, 2.45) is 10.9 Å². The Bertz CT molecular complexity index is 646. The fourth-order valence-electron chi connectivity index (χ4n) is 1.88. The molecule has 2 aromatic carbocycles. The molecule has 0 aromatic heterocycles. The summed E-state index contributed by atoms with van der Waals surface area (Å²) >= 11 is 0. The molecule has 108 valence electrons. The number of aryl methyl sites for hydroxylation is 1. The summed E-state index contributed by atoms with van der Waals surface area (Å²) in [4.78, 5) is 12.1. The van der Waals surface area contributed by atoms with Crippen LogP contribution in [0.1, 0.15) is 28.4 Å². The molecular weight excluding hydrogens is 266 g/mol. The van der Waals surface area contributed by atoms with Crippen molar-refractivity contribution in [3.63, 3.8) is 0 Å². The van der Waals surface area contributed by atoms with Crippen molar-refractivity contribution in [1.82, 2.24) is 0 Å². The van der Waals surface area contributed by atoms with Crippen LogP contribution in [0.15, 0.2) is 53.7 Å². The molecule has 0 aliphatic heterocycles. The van der Waals surface area contributed by atoms with Crippen molar-refractivity contribution in [2.75, 3.05) is 5.32 Å². The van der Waals surface area contributed by atoms with Crippen molar-refractivity contribution in [3.05, 3.63) is 65.2 Å². The molecule has 0 saturated heterocycles. The quantitative estimate of drug-likeness (QED) is 0.349. The summed E-state index contributed by atoms with van der Waals surface area (Å²) in [5, 5.41) is 14.3. The van der Waals surface area contributed by atoms with Crippen LogP contribution in [0, 0.1) is 0 Å². The molecule has 0 bridgehead atoms. The zero-order chi connectivity index (χ0) is 15.2. The van der Waals surface area contributed by atoms with Crippen LogP contribution in [0.5, 0.6) is 0 Å². The van der Waals surface area contributed by atoms with E-state index in [9.17, 15) is 4.79 Å². The first kappa shape index (κ1) is 14.6. The lowest BCUT2D eigenvalue weighted by Gasteiger charge is -2.07. The Morgan fingerprint density at radius 2 is 1.67 bits per heavy atom. The topological polar surface area (TPSA) is 87.7 Å². The second kappa shape index (κ2) is 6.56. The molecule has 0 saturated carbocycles. The highest BCUT2D eigenvalue weighted by molar-refractivity contribution is 6.04. The highest BCUT2D eigenvalue weighted by Crippen LogP contribution is 2.12. The number of benzene rings is 2. The van der Waals surface area contributed by atoms with Crippen molar-refractivity contribution < 1.29 is 10.0 Å².